The fourth-order valence-corrected chi connectivity index (χ4v) is 5.65. The number of rotatable bonds is 4. The molecule has 156 valence electrons. The van der Waals surface area contributed by atoms with Crippen LogP contribution in [0.2, 0.25) is 0 Å². The Labute approximate surface area is 174 Å². The Morgan fingerprint density at radius 3 is 2.67 bits per heavy atom. The second kappa shape index (κ2) is 6.96. The van der Waals surface area contributed by atoms with E-state index in [0.29, 0.717) is 17.8 Å². The molecule has 2 bridgehead atoms. The summed E-state index contributed by atoms with van der Waals surface area (Å²) in [5.74, 6) is 1.31. The van der Waals surface area contributed by atoms with Crippen LogP contribution in [0.3, 0.4) is 0 Å². The van der Waals surface area contributed by atoms with Crippen molar-refractivity contribution >= 4 is 0 Å². The molecule has 3 aromatic rings. The molecule has 2 unspecified atom stereocenters. The third kappa shape index (κ3) is 2.58. The van der Waals surface area contributed by atoms with Crippen molar-refractivity contribution < 1.29 is 13.2 Å². The molecule has 30 heavy (non-hydrogen) atoms. The summed E-state index contributed by atoms with van der Waals surface area (Å²) < 4.78 is 35.0. The van der Waals surface area contributed by atoms with Crippen LogP contribution in [0.4, 0.5) is 8.78 Å². The SMILES string of the molecule is CCCc1ncc([C@@]23CC[C@@H](c4cc(-c5c(F)cccc5F)nnc42)C(C)C3C)o1. The minimum absolute atomic E-state index is 0.117. The van der Waals surface area contributed by atoms with E-state index in [9.17, 15) is 8.78 Å². The van der Waals surface area contributed by atoms with Gasteiger partial charge in [-0.1, -0.05) is 26.8 Å². The van der Waals surface area contributed by atoms with Crippen LogP contribution < -0.4 is 0 Å². The van der Waals surface area contributed by atoms with E-state index in [1.165, 1.54) is 18.2 Å². The molecule has 0 amide bonds. The number of oxazole rings is 1. The van der Waals surface area contributed by atoms with Crippen LogP contribution in [0.25, 0.3) is 11.3 Å². The van der Waals surface area contributed by atoms with Gasteiger partial charge in [0.05, 0.1) is 28.6 Å². The van der Waals surface area contributed by atoms with Crippen LogP contribution in [-0.2, 0) is 11.8 Å². The molecule has 1 saturated carbocycles. The molecular weight excluding hydrogens is 384 g/mol. The lowest BCUT2D eigenvalue weighted by atomic mass is 9.50. The van der Waals surface area contributed by atoms with Crippen LogP contribution in [-0.4, -0.2) is 15.2 Å². The maximum atomic E-state index is 14.4. The zero-order chi connectivity index (χ0) is 21.0. The predicted molar refractivity (Wildman–Crippen MR) is 109 cm³/mol. The Morgan fingerprint density at radius 2 is 1.93 bits per heavy atom. The number of nitrogens with zero attached hydrogens (tertiary/aromatic N) is 3. The highest BCUT2D eigenvalue weighted by Crippen LogP contribution is 2.61. The first-order valence-electron chi connectivity index (χ1n) is 10.7. The average molecular weight is 409 g/mol. The fourth-order valence-electron chi connectivity index (χ4n) is 5.65. The molecule has 0 N–H and O–H groups in total. The second-order valence-electron chi connectivity index (χ2n) is 8.76. The second-order valence-corrected chi connectivity index (χ2v) is 8.76. The Balaban J connectivity index is 1.69. The van der Waals surface area contributed by atoms with Crippen molar-refractivity contribution in [1.29, 1.82) is 0 Å². The van der Waals surface area contributed by atoms with Gasteiger partial charge in [0.2, 0.25) is 0 Å². The van der Waals surface area contributed by atoms with E-state index in [1.54, 1.807) is 0 Å². The van der Waals surface area contributed by atoms with Crippen LogP contribution in [0.15, 0.2) is 34.9 Å². The Hall–Kier alpha value is -2.63. The number of aromatic nitrogens is 3. The van der Waals surface area contributed by atoms with Crippen LogP contribution in [0.1, 0.15) is 68.9 Å². The first-order chi connectivity index (χ1) is 14.5. The third-order valence-corrected chi connectivity index (χ3v) is 7.37. The van der Waals surface area contributed by atoms with E-state index in [0.717, 1.165) is 48.6 Å². The van der Waals surface area contributed by atoms with Gasteiger partial charge in [0, 0.05) is 6.42 Å². The molecule has 2 heterocycles. The van der Waals surface area contributed by atoms with Gasteiger partial charge >= 0.3 is 0 Å². The van der Waals surface area contributed by atoms with Gasteiger partial charge in [-0.3, -0.25) is 0 Å². The van der Waals surface area contributed by atoms with Crippen molar-refractivity contribution in [3.8, 4) is 11.3 Å². The third-order valence-electron chi connectivity index (χ3n) is 7.37. The molecule has 0 aliphatic heterocycles. The van der Waals surface area contributed by atoms with Gasteiger partial charge in [-0.2, -0.15) is 5.10 Å². The number of hydrogen-bond donors (Lipinski definition) is 0. The Kier molecular flexibility index (Phi) is 4.49. The molecule has 0 radical (unpaired) electrons. The highest BCUT2D eigenvalue weighted by Gasteiger charge is 2.57. The van der Waals surface area contributed by atoms with E-state index in [2.05, 4.69) is 36.0 Å². The van der Waals surface area contributed by atoms with Crippen molar-refractivity contribution in [3.05, 3.63) is 65.0 Å². The molecule has 4 atom stereocenters. The van der Waals surface area contributed by atoms with Gasteiger partial charge in [0.15, 0.2) is 5.89 Å². The van der Waals surface area contributed by atoms with Gasteiger partial charge in [-0.15, -0.1) is 5.10 Å². The zero-order valence-corrected chi connectivity index (χ0v) is 17.5. The molecular formula is C24H25F2N3O. The molecule has 4 nitrogen and oxygen atoms in total. The molecule has 6 rings (SSSR count). The summed E-state index contributed by atoms with van der Waals surface area (Å²) in [6, 6.07) is 5.70. The van der Waals surface area contributed by atoms with Crippen molar-refractivity contribution in [2.75, 3.05) is 0 Å². The summed E-state index contributed by atoms with van der Waals surface area (Å²) in [6.45, 7) is 6.59. The first kappa shape index (κ1) is 19.3. The van der Waals surface area contributed by atoms with E-state index >= 15 is 0 Å². The van der Waals surface area contributed by atoms with E-state index < -0.39 is 17.0 Å². The molecule has 1 fully saturated rings. The minimum atomic E-state index is -0.624. The molecule has 3 aliphatic rings. The van der Waals surface area contributed by atoms with Gasteiger partial charge in [-0.05, 0) is 60.8 Å². The normalized spacial score (nSPS) is 27.3. The number of halogens is 2. The zero-order valence-electron chi connectivity index (χ0n) is 17.5. The summed E-state index contributed by atoms with van der Waals surface area (Å²) in [7, 11) is 0. The first-order valence-corrected chi connectivity index (χ1v) is 10.7. The minimum Gasteiger partial charge on any atom is -0.445 e. The van der Waals surface area contributed by atoms with Crippen molar-refractivity contribution in [3.63, 3.8) is 0 Å². The lowest BCUT2D eigenvalue weighted by Crippen LogP contribution is -2.50. The standard InChI is InChI=1S/C24H25F2N3O/c1-4-6-21-27-12-20(30-21)24-10-9-15(13(2)14(24)3)16-11-19(28-29-23(16)24)22-17(25)7-5-8-18(22)26/h5,7-8,11-15H,4,6,9-10H2,1-3H3/t13?,14?,15-,24+/m1/s1. The van der Waals surface area contributed by atoms with Gasteiger partial charge in [0.25, 0.3) is 0 Å². The maximum absolute atomic E-state index is 14.4. The Morgan fingerprint density at radius 1 is 1.17 bits per heavy atom. The molecule has 3 aliphatic carbocycles. The fraction of sp³-hybridized carbons (Fsp3) is 0.458. The van der Waals surface area contributed by atoms with Crippen molar-refractivity contribution in [2.24, 2.45) is 11.8 Å². The number of fused-ring (bicyclic) bond motifs is 2. The Bertz CT molecular complexity index is 1090. The van der Waals surface area contributed by atoms with Crippen LogP contribution >= 0.6 is 0 Å². The molecule has 6 heteroatoms. The molecule has 2 aromatic heterocycles. The lowest BCUT2D eigenvalue weighted by molar-refractivity contribution is 0.0965. The highest BCUT2D eigenvalue weighted by molar-refractivity contribution is 5.62. The van der Waals surface area contributed by atoms with E-state index in [1.807, 2.05) is 12.3 Å². The molecule has 1 aromatic carbocycles. The smallest absolute Gasteiger partial charge is 0.194 e. The summed E-state index contributed by atoms with van der Waals surface area (Å²) in [6.07, 6.45) is 5.50. The number of benzene rings is 1. The number of hydrogen-bond acceptors (Lipinski definition) is 4. The van der Waals surface area contributed by atoms with Crippen molar-refractivity contribution in [2.45, 2.75) is 57.8 Å². The highest BCUT2D eigenvalue weighted by atomic mass is 19.1. The summed E-state index contributed by atoms with van der Waals surface area (Å²) in [4.78, 5) is 4.50. The summed E-state index contributed by atoms with van der Waals surface area (Å²) >= 11 is 0. The summed E-state index contributed by atoms with van der Waals surface area (Å²) in [5, 5.41) is 8.86. The van der Waals surface area contributed by atoms with Crippen LogP contribution in [0.5, 0.6) is 0 Å². The molecule has 0 saturated heterocycles. The van der Waals surface area contributed by atoms with Crippen molar-refractivity contribution in [1.82, 2.24) is 15.2 Å². The summed E-state index contributed by atoms with van der Waals surface area (Å²) in [5.41, 5.74) is 1.64. The topological polar surface area (TPSA) is 51.8 Å². The van der Waals surface area contributed by atoms with Crippen LogP contribution in [0, 0.1) is 23.5 Å². The lowest BCUT2D eigenvalue weighted by Gasteiger charge is -2.53. The van der Waals surface area contributed by atoms with E-state index in [-0.39, 0.29) is 11.3 Å². The molecule has 0 spiro atoms. The van der Waals surface area contributed by atoms with Gasteiger partial charge in [0.1, 0.15) is 17.4 Å². The average Bonchev–Trinajstić information content (AvgIpc) is 3.20. The maximum Gasteiger partial charge on any atom is 0.194 e. The van der Waals surface area contributed by atoms with Gasteiger partial charge in [-0.25, -0.2) is 13.8 Å². The quantitative estimate of drug-likeness (QED) is 0.545. The predicted octanol–water partition coefficient (Wildman–Crippen LogP) is 5.81. The number of aryl methyl sites for hydroxylation is 1. The monoisotopic (exact) mass is 409 g/mol. The largest absolute Gasteiger partial charge is 0.445 e. The van der Waals surface area contributed by atoms with Gasteiger partial charge < -0.3 is 4.42 Å². The van der Waals surface area contributed by atoms with E-state index in [4.69, 9.17) is 4.42 Å².